The molecule has 112 valence electrons. The van der Waals surface area contributed by atoms with Crippen molar-refractivity contribution >= 4 is 27.4 Å². The van der Waals surface area contributed by atoms with Gasteiger partial charge in [0.05, 0.1) is 7.11 Å². The summed E-state index contributed by atoms with van der Waals surface area (Å²) in [4.78, 5) is 12.1. The molecule has 1 aliphatic rings. The third-order valence-corrected chi connectivity index (χ3v) is 4.52. The quantitative estimate of drug-likeness (QED) is 0.809. The van der Waals surface area contributed by atoms with Crippen molar-refractivity contribution in [2.24, 2.45) is 0 Å². The number of fused-ring (bicyclic) bond motifs is 1. The Labute approximate surface area is 127 Å². The molecule has 0 amide bonds. The van der Waals surface area contributed by atoms with Gasteiger partial charge >= 0.3 is 5.97 Å². The third kappa shape index (κ3) is 3.26. The molecule has 0 N–H and O–H groups in total. The largest absolute Gasteiger partial charge is 0.467 e. The zero-order valence-corrected chi connectivity index (χ0v) is 12.7. The van der Waals surface area contributed by atoms with Gasteiger partial charge in [-0.15, -0.1) is 11.3 Å². The average molecular weight is 306 g/mol. The molecule has 2 unspecified atom stereocenters. The highest BCUT2D eigenvalue weighted by molar-refractivity contribution is 7.17. The lowest BCUT2D eigenvalue weighted by atomic mass is 10.1. The fourth-order valence-electron chi connectivity index (χ4n) is 2.50. The van der Waals surface area contributed by atoms with E-state index in [9.17, 15) is 4.79 Å². The van der Waals surface area contributed by atoms with Crippen molar-refractivity contribution in [2.45, 2.75) is 31.7 Å². The summed E-state index contributed by atoms with van der Waals surface area (Å²) in [6, 6.07) is 7.95. The molecule has 1 saturated heterocycles. The third-order valence-electron chi connectivity index (χ3n) is 3.62. The maximum atomic E-state index is 12.1. The summed E-state index contributed by atoms with van der Waals surface area (Å²) in [6.07, 6.45) is 1.85. The van der Waals surface area contributed by atoms with Crippen LogP contribution in [0, 0.1) is 0 Å². The molecule has 2 heterocycles. The van der Waals surface area contributed by atoms with Crippen LogP contribution in [0.25, 0.3) is 10.1 Å². The van der Waals surface area contributed by atoms with E-state index in [-0.39, 0.29) is 6.29 Å². The molecule has 0 spiro atoms. The Kier molecular flexibility index (Phi) is 4.53. The molecule has 1 aromatic carbocycles. The van der Waals surface area contributed by atoms with Crippen molar-refractivity contribution in [1.82, 2.24) is 0 Å². The molecule has 2 aromatic rings. The van der Waals surface area contributed by atoms with Crippen LogP contribution < -0.4 is 0 Å². The van der Waals surface area contributed by atoms with E-state index in [4.69, 9.17) is 14.2 Å². The second-order valence-corrected chi connectivity index (χ2v) is 6.00. The number of ether oxygens (including phenoxy) is 3. The number of rotatable bonds is 4. The van der Waals surface area contributed by atoms with Crippen LogP contribution in [-0.4, -0.2) is 26.0 Å². The van der Waals surface area contributed by atoms with Gasteiger partial charge in [0.25, 0.3) is 0 Å². The number of hydrogen-bond donors (Lipinski definition) is 0. The van der Waals surface area contributed by atoms with Crippen molar-refractivity contribution in [1.29, 1.82) is 0 Å². The number of methoxy groups -OCH3 is 1. The minimum atomic E-state index is -0.734. The summed E-state index contributed by atoms with van der Waals surface area (Å²) in [6.45, 7) is 0.683. The Hall–Kier alpha value is -1.43. The first-order chi connectivity index (χ1) is 10.3. The standard InChI is InChI=1S/C16H18O4S/c1-18-16(17)15(20-14-4-2-3-8-19-14)12-5-6-13-11(10-12)7-9-21-13/h5-7,9-10,14-15H,2-4,8H2,1H3. The second-order valence-electron chi connectivity index (χ2n) is 5.05. The van der Waals surface area contributed by atoms with Gasteiger partial charge in [-0.25, -0.2) is 4.79 Å². The number of hydrogen-bond acceptors (Lipinski definition) is 5. The van der Waals surface area contributed by atoms with E-state index < -0.39 is 12.1 Å². The van der Waals surface area contributed by atoms with Gasteiger partial charge in [-0.05, 0) is 53.8 Å². The molecule has 4 nitrogen and oxygen atoms in total. The smallest absolute Gasteiger partial charge is 0.339 e. The van der Waals surface area contributed by atoms with Crippen LogP contribution in [0.5, 0.6) is 0 Å². The summed E-state index contributed by atoms with van der Waals surface area (Å²) < 4.78 is 17.5. The number of carbonyl (C=O) groups is 1. The van der Waals surface area contributed by atoms with Gasteiger partial charge in [-0.3, -0.25) is 0 Å². The fourth-order valence-corrected chi connectivity index (χ4v) is 3.27. The first kappa shape index (κ1) is 14.5. The first-order valence-electron chi connectivity index (χ1n) is 7.10. The van der Waals surface area contributed by atoms with Crippen LogP contribution in [0.15, 0.2) is 29.6 Å². The van der Waals surface area contributed by atoms with Crippen molar-refractivity contribution in [3.05, 3.63) is 35.2 Å². The number of esters is 1. The van der Waals surface area contributed by atoms with Gasteiger partial charge in [-0.2, -0.15) is 0 Å². The molecule has 0 saturated carbocycles. The fraction of sp³-hybridized carbons (Fsp3) is 0.438. The highest BCUT2D eigenvalue weighted by atomic mass is 32.1. The van der Waals surface area contributed by atoms with Gasteiger partial charge in [0.1, 0.15) is 0 Å². The summed E-state index contributed by atoms with van der Waals surface area (Å²) in [5.41, 5.74) is 0.807. The SMILES string of the molecule is COC(=O)C(OC1CCCCO1)c1ccc2sccc2c1. The molecule has 0 bridgehead atoms. The number of thiophene rings is 1. The first-order valence-corrected chi connectivity index (χ1v) is 7.98. The van der Waals surface area contributed by atoms with Crippen molar-refractivity contribution in [3.63, 3.8) is 0 Å². The van der Waals surface area contributed by atoms with Gasteiger partial charge in [-0.1, -0.05) is 6.07 Å². The molecule has 3 rings (SSSR count). The van der Waals surface area contributed by atoms with E-state index >= 15 is 0 Å². The van der Waals surface area contributed by atoms with Crippen LogP contribution in [0.3, 0.4) is 0 Å². The zero-order valence-electron chi connectivity index (χ0n) is 11.9. The predicted octanol–water partition coefficient (Wildman–Crippen LogP) is 3.66. The van der Waals surface area contributed by atoms with Crippen LogP contribution in [0.1, 0.15) is 30.9 Å². The summed E-state index contributed by atoms with van der Waals surface area (Å²) >= 11 is 1.68. The predicted molar refractivity (Wildman–Crippen MR) is 81.3 cm³/mol. The Bertz CT molecular complexity index is 616. The highest BCUT2D eigenvalue weighted by Crippen LogP contribution is 2.29. The van der Waals surface area contributed by atoms with Crippen molar-refractivity contribution in [3.8, 4) is 0 Å². The molecule has 5 heteroatoms. The zero-order chi connectivity index (χ0) is 14.7. The van der Waals surface area contributed by atoms with Crippen LogP contribution in [-0.2, 0) is 19.0 Å². The normalized spacial score (nSPS) is 20.3. The Morgan fingerprint density at radius 3 is 3.05 bits per heavy atom. The molecule has 1 aliphatic heterocycles. The van der Waals surface area contributed by atoms with Gasteiger partial charge in [0.2, 0.25) is 0 Å². The molecular formula is C16H18O4S. The minimum Gasteiger partial charge on any atom is -0.467 e. The summed E-state index contributed by atoms with van der Waals surface area (Å²) in [5.74, 6) is -0.390. The topological polar surface area (TPSA) is 44.8 Å². The molecule has 2 atom stereocenters. The number of benzene rings is 1. The minimum absolute atomic E-state index is 0.332. The van der Waals surface area contributed by atoms with Crippen molar-refractivity contribution in [2.75, 3.05) is 13.7 Å². The van der Waals surface area contributed by atoms with Crippen LogP contribution in [0.2, 0.25) is 0 Å². The van der Waals surface area contributed by atoms with E-state index in [0.29, 0.717) is 6.61 Å². The van der Waals surface area contributed by atoms with E-state index in [1.807, 2.05) is 29.6 Å². The summed E-state index contributed by atoms with van der Waals surface area (Å²) in [7, 11) is 1.38. The van der Waals surface area contributed by atoms with Gasteiger partial charge < -0.3 is 14.2 Å². The molecule has 1 fully saturated rings. The van der Waals surface area contributed by atoms with E-state index in [1.54, 1.807) is 11.3 Å². The number of carbonyl (C=O) groups excluding carboxylic acids is 1. The Morgan fingerprint density at radius 1 is 1.38 bits per heavy atom. The van der Waals surface area contributed by atoms with E-state index in [2.05, 4.69) is 0 Å². The summed E-state index contributed by atoms with van der Waals surface area (Å²) in [5, 5.41) is 3.15. The maximum Gasteiger partial charge on any atom is 0.339 e. The molecular weight excluding hydrogens is 288 g/mol. The van der Waals surface area contributed by atoms with Gasteiger partial charge in [0.15, 0.2) is 12.4 Å². The Morgan fingerprint density at radius 2 is 2.29 bits per heavy atom. The maximum absolute atomic E-state index is 12.1. The van der Waals surface area contributed by atoms with Crippen LogP contribution in [0.4, 0.5) is 0 Å². The molecule has 1 aromatic heterocycles. The molecule has 0 radical (unpaired) electrons. The molecule has 21 heavy (non-hydrogen) atoms. The van der Waals surface area contributed by atoms with Gasteiger partial charge in [0, 0.05) is 11.3 Å². The average Bonchev–Trinajstić information content (AvgIpc) is 3.00. The lowest BCUT2D eigenvalue weighted by Crippen LogP contribution is -2.28. The van der Waals surface area contributed by atoms with Crippen molar-refractivity contribution < 1.29 is 19.0 Å². The monoisotopic (exact) mass is 306 g/mol. The lowest BCUT2D eigenvalue weighted by molar-refractivity contribution is -0.204. The van der Waals surface area contributed by atoms with E-state index in [0.717, 1.165) is 30.2 Å². The lowest BCUT2D eigenvalue weighted by Gasteiger charge is -2.26. The second kappa shape index (κ2) is 6.56. The highest BCUT2D eigenvalue weighted by Gasteiger charge is 2.28. The van der Waals surface area contributed by atoms with E-state index in [1.165, 1.54) is 11.8 Å². The Balaban J connectivity index is 1.84. The molecule has 0 aliphatic carbocycles. The van der Waals surface area contributed by atoms with Crippen LogP contribution >= 0.6 is 11.3 Å².